The lowest BCUT2D eigenvalue weighted by atomic mass is 10.0. The maximum atomic E-state index is 11.1. The highest BCUT2D eigenvalue weighted by Gasteiger charge is 2.22. The van der Waals surface area contributed by atoms with Gasteiger partial charge in [0.25, 0.3) is 0 Å². The Bertz CT molecular complexity index is 475. The third-order valence-corrected chi connectivity index (χ3v) is 3.84. The number of carbonyl (C=O) groups excluding carboxylic acids is 1. The molecule has 104 valence electrons. The number of amides is 1. The predicted octanol–water partition coefficient (Wildman–Crippen LogP) is 0.898. The first-order valence-electron chi connectivity index (χ1n) is 6.59. The van der Waals surface area contributed by atoms with Gasteiger partial charge in [0.15, 0.2) is 0 Å². The van der Waals surface area contributed by atoms with Gasteiger partial charge < -0.3 is 21.3 Å². The van der Waals surface area contributed by atoms with E-state index >= 15 is 0 Å². The van der Waals surface area contributed by atoms with E-state index in [9.17, 15) is 4.79 Å². The molecule has 19 heavy (non-hydrogen) atoms. The Morgan fingerprint density at radius 3 is 2.79 bits per heavy atom. The van der Waals surface area contributed by atoms with Crippen LogP contribution in [0.25, 0.3) is 0 Å². The number of likely N-dealkylation sites (N-methyl/N-ethyl adjacent to an activating group) is 2. The summed E-state index contributed by atoms with van der Waals surface area (Å²) in [6, 6.07) is 5.72. The van der Waals surface area contributed by atoms with Gasteiger partial charge in [0, 0.05) is 25.2 Å². The number of nitrogens with two attached hydrogens (primary N) is 2. The lowest BCUT2D eigenvalue weighted by Crippen LogP contribution is -2.45. The normalized spacial score (nSPS) is 20.2. The summed E-state index contributed by atoms with van der Waals surface area (Å²) in [5.41, 5.74) is 13.3. The van der Waals surface area contributed by atoms with Crippen LogP contribution in [-0.2, 0) is 0 Å². The molecule has 2 rings (SSSR count). The van der Waals surface area contributed by atoms with Crippen LogP contribution in [0.1, 0.15) is 23.2 Å². The topological polar surface area (TPSA) is 75.6 Å². The predicted molar refractivity (Wildman–Crippen MR) is 78.3 cm³/mol. The first-order valence-corrected chi connectivity index (χ1v) is 6.59. The quantitative estimate of drug-likeness (QED) is 0.794. The molecule has 1 aliphatic heterocycles. The van der Waals surface area contributed by atoms with Crippen molar-refractivity contribution < 1.29 is 4.79 Å². The summed E-state index contributed by atoms with van der Waals surface area (Å²) in [5, 5.41) is 0. The molecule has 1 aliphatic rings. The Hall–Kier alpha value is -1.75. The van der Waals surface area contributed by atoms with Crippen molar-refractivity contribution in [3.63, 3.8) is 0 Å². The lowest BCUT2D eigenvalue weighted by molar-refractivity contribution is 0.100. The van der Waals surface area contributed by atoms with E-state index in [0.29, 0.717) is 17.3 Å². The maximum absolute atomic E-state index is 11.1. The first kappa shape index (κ1) is 13.7. The summed E-state index contributed by atoms with van der Waals surface area (Å²) < 4.78 is 0. The fourth-order valence-corrected chi connectivity index (χ4v) is 2.68. The van der Waals surface area contributed by atoms with Crippen LogP contribution in [0.15, 0.2) is 18.2 Å². The molecule has 0 bridgehead atoms. The van der Waals surface area contributed by atoms with E-state index in [4.69, 9.17) is 11.5 Å². The molecular weight excluding hydrogens is 240 g/mol. The molecule has 0 aliphatic carbocycles. The van der Waals surface area contributed by atoms with Crippen LogP contribution >= 0.6 is 0 Å². The number of piperidine rings is 1. The Labute approximate surface area is 114 Å². The Morgan fingerprint density at radius 1 is 1.47 bits per heavy atom. The third kappa shape index (κ3) is 2.98. The second-order valence-corrected chi connectivity index (χ2v) is 5.31. The van der Waals surface area contributed by atoms with E-state index in [1.807, 2.05) is 6.07 Å². The van der Waals surface area contributed by atoms with Gasteiger partial charge >= 0.3 is 0 Å². The number of likely N-dealkylation sites (tertiary alicyclic amines) is 1. The van der Waals surface area contributed by atoms with Crippen molar-refractivity contribution in [2.45, 2.75) is 18.9 Å². The minimum absolute atomic E-state index is 0.446. The molecule has 0 spiro atoms. The molecule has 1 aromatic rings. The van der Waals surface area contributed by atoms with Crippen molar-refractivity contribution in [2.24, 2.45) is 5.73 Å². The number of benzene rings is 1. The summed E-state index contributed by atoms with van der Waals surface area (Å²) in [6.07, 6.45) is 2.36. The fraction of sp³-hybridized carbons (Fsp3) is 0.500. The van der Waals surface area contributed by atoms with Gasteiger partial charge in [0.2, 0.25) is 5.91 Å². The summed E-state index contributed by atoms with van der Waals surface area (Å²) in [5.74, 6) is -0.446. The molecule has 0 saturated carbocycles. The highest BCUT2D eigenvalue weighted by molar-refractivity contribution is 5.94. The molecular formula is C14H22N4O. The van der Waals surface area contributed by atoms with E-state index in [1.165, 1.54) is 6.42 Å². The largest absolute Gasteiger partial charge is 0.397 e. The van der Waals surface area contributed by atoms with Crippen LogP contribution in [-0.4, -0.2) is 44.0 Å². The van der Waals surface area contributed by atoms with Crippen LogP contribution in [0, 0.1) is 0 Å². The standard InChI is InChI=1S/C14H22N4O/c1-17-7-3-4-11(9-17)18(2)13-6-5-10(14(16)19)8-12(13)15/h5-6,8,11H,3-4,7,9,15H2,1-2H3,(H2,16,19). The summed E-state index contributed by atoms with van der Waals surface area (Å²) in [4.78, 5) is 15.7. The van der Waals surface area contributed by atoms with Crippen LogP contribution < -0.4 is 16.4 Å². The van der Waals surface area contributed by atoms with Gasteiger partial charge in [-0.3, -0.25) is 4.79 Å². The molecule has 0 radical (unpaired) electrons. The molecule has 1 saturated heterocycles. The average molecular weight is 262 g/mol. The number of primary amides is 1. The number of rotatable bonds is 3. The minimum atomic E-state index is -0.446. The van der Waals surface area contributed by atoms with Crippen LogP contribution in [0.4, 0.5) is 11.4 Å². The van der Waals surface area contributed by atoms with Gasteiger partial charge in [-0.05, 0) is 44.6 Å². The minimum Gasteiger partial charge on any atom is -0.397 e. The average Bonchev–Trinajstić information content (AvgIpc) is 2.37. The molecule has 5 nitrogen and oxygen atoms in total. The van der Waals surface area contributed by atoms with Crippen LogP contribution in [0.3, 0.4) is 0 Å². The van der Waals surface area contributed by atoms with E-state index in [-0.39, 0.29) is 0 Å². The van der Waals surface area contributed by atoms with Gasteiger partial charge in [-0.1, -0.05) is 0 Å². The summed E-state index contributed by atoms with van der Waals surface area (Å²) >= 11 is 0. The van der Waals surface area contributed by atoms with E-state index < -0.39 is 5.91 Å². The van der Waals surface area contributed by atoms with Gasteiger partial charge in [-0.15, -0.1) is 0 Å². The molecule has 5 heteroatoms. The van der Waals surface area contributed by atoms with E-state index in [2.05, 4.69) is 23.9 Å². The molecule has 1 heterocycles. The zero-order valence-electron chi connectivity index (χ0n) is 11.6. The number of hydrogen-bond donors (Lipinski definition) is 2. The van der Waals surface area contributed by atoms with Crippen molar-refractivity contribution in [1.82, 2.24) is 4.90 Å². The fourth-order valence-electron chi connectivity index (χ4n) is 2.68. The Kier molecular flexibility index (Phi) is 3.95. The number of nitrogens with zero attached hydrogens (tertiary/aromatic N) is 2. The van der Waals surface area contributed by atoms with Crippen molar-refractivity contribution >= 4 is 17.3 Å². The van der Waals surface area contributed by atoms with Crippen molar-refractivity contribution in [2.75, 3.05) is 37.8 Å². The second kappa shape index (κ2) is 5.48. The van der Waals surface area contributed by atoms with E-state index in [1.54, 1.807) is 12.1 Å². The van der Waals surface area contributed by atoms with Gasteiger partial charge in [0.05, 0.1) is 11.4 Å². The molecule has 1 atom stereocenters. The zero-order valence-corrected chi connectivity index (χ0v) is 11.6. The smallest absolute Gasteiger partial charge is 0.248 e. The number of anilines is 2. The van der Waals surface area contributed by atoms with Crippen LogP contribution in [0.5, 0.6) is 0 Å². The lowest BCUT2D eigenvalue weighted by Gasteiger charge is -2.37. The molecule has 1 aromatic carbocycles. The van der Waals surface area contributed by atoms with E-state index in [0.717, 1.165) is 25.2 Å². The maximum Gasteiger partial charge on any atom is 0.248 e. The zero-order chi connectivity index (χ0) is 14.0. The molecule has 1 fully saturated rings. The second-order valence-electron chi connectivity index (χ2n) is 5.31. The Morgan fingerprint density at radius 2 is 2.21 bits per heavy atom. The highest BCUT2D eigenvalue weighted by Crippen LogP contribution is 2.27. The van der Waals surface area contributed by atoms with Crippen molar-refractivity contribution in [3.05, 3.63) is 23.8 Å². The third-order valence-electron chi connectivity index (χ3n) is 3.84. The number of nitrogen functional groups attached to an aromatic ring is 1. The highest BCUT2D eigenvalue weighted by atomic mass is 16.1. The Balaban J connectivity index is 2.19. The monoisotopic (exact) mass is 262 g/mol. The molecule has 4 N–H and O–H groups in total. The van der Waals surface area contributed by atoms with Gasteiger partial charge in [-0.25, -0.2) is 0 Å². The van der Waals surface area contributed by atoms with Crippen molar-refractivity contribution in [1.29, 1.82) is 0 Å². The SMILES string of the molecule is CN1CCCC(N(C)c2ccc(C(N)=O)cc2N)C1. The summed E-state index contributed by atoms with van der Waals surface area (Å²) in [7, 11) is 4.19. The molecule has 1 unspecified atom stereocenters. The van der Waals surface area contributed by atoms with Gasteiger partial charge in [-0.2, -0.15) is 0 Å². The van der Waals surface area contributed by atoms with Gasteiger partial charge in [0.1, 0.15) is 0 Å². The number of carbonyl (C=O) groups is 1. The molecule has 1 amide bonds. The summed E-state index contributed by atoms with van der Waals surface area (Å²) in [6.45, 7) is 2.19. The molecule has 0 aromatic heterocycles. The van der Waals surface area contributed by atoms with Crippen molar-refractivity contribution in [3.8, 4) is 0 Å². The van der Waals surface area contributed by atoms with Crippen LogP contribution in [0.2, 0.25) is 0 Å². The number of hydrogen-bond acceptors (Lipinski definition) is 4. The first-order chi connectivity index (χ1) is 8.99.